The first kappa shape index (κ1) is 18.3. The average molecular weight is 342 g/mol. The van der Waals surface area contributed by atoms with Gasteiger partial charge in [-0.2, -0.15) is 0 Å². The van der Waals surface area contributed by atoms with Gasteiger partial charge in [0.15, 0.2) is 0 Å². The number of amides is 3. The molecule has 0 saturated heterocycles. The van der Waals surface area contributed by atoms with Gasteiger partial charge in [-0.15, -0.1) is 0 Å². The van der Waals surface area contributed by atoms with Gasteiger partial charge in [-0.25, -0.2) is 9.78 Å². The lowest BCUT2D eigenvalue weighted by Gasteiger charge is -2.11. The number of hydrogen-bond donors (Lipinski definition) is 3. The molecule has 7 nitrogen and oxygen atoms in total. The summed E-state index contributed by atoms with van der Waals surface area (Å²) in [6.45, 7) is 2.22. The summed E-state index contributed by atoms with van der Waals surface area (Å²) in [5, 5.41) is 7.99. The van der Waals surface area contributed by atoms with Gasteiger partial charge in [-0.1, -0.05) is 31.2 Å². The molecule has 25 heavy (non-hydrogen) atoms. The maximum atomic E-state index is 12.0. The van der Waals surface area contributed by atoms with E-state index in [9.17, 15) is 9.59 Å². The van der Waals surface area contributed by atoms with E-state index in [4.69, 9.17) is 4.74 Å². The molecule has 1 aromatic heterocycles. The van der Waals surface area contributed by atoms with Crippen LogP contribution in [-0.2, 0) is 17.8 Å². The number of rotatable bonds is 7. The number of aryl methyl sites for hydroxylation is 1. The van der Waals surface area contributed by atoms with Crippen molar-refractivity contribution < 1.29 is 14.3 Å². The first-order chi connectivity index (χ1) is 12.1. The van der Waals surface area contributed by atoms with Crippen LogP contribution in [0.3, 0.4) is 0 Å². The number of nitrogens with one attached hydrogen (secondary N) is 3. The van der Waals surface area contributed by atoms with Gasteiger partial charge in [0.1, 0.15) is 0 Å². The summed E-state index contributed by atoms with van der Waals surface area (Å²) in [4.78, 5) is 27.8. The van der Waals surface area contributed by atoms with E-state index in [1.807, 2.05) is 31.2 Å². The van der Waals surface area contributed by atoms with Crippen LogP contribution in [0.5, 0.6) is 5.88 Å². The molecule has 0 fully saturated rings. The number of hydrogen-bond acceptors (Lipinski definition) is 4. The average Bonchev–Trinajstić information content (AvgIpc) is 2.65. The van der Waals surface area contributed by atoms with Crippen molar-refractivity contribution in [2.45, 2.75) is 19.9 Å². The molecule has 3 N–H and O–H groups in total. The third-order valence-corrected chi connectivity index (χ3v) is 3.54. The van der Waals surface area contributed by atoms with Gasteiger partial charge in [0.05, 0.1) is 13.7 Å². The predicted molar refractivity (Wildman–Crippen MR) is 95.5 cm³/mol. The zero-order valence-corrected chi connectivity index (χ0v) is 14.3. The summed E-state index contributed by atoms with van der Waals surface area (Å²) in [5.74, 6) is 0.236. The quantitative estimate of drug-likeness (QED) is 0.718. The number of methoxy groups -OCH3 is 1. The van der Waals surface area contributed by atoms with Crippen molar-refractivity contribution in [2.75, 3.05) is 19.0 Å². The van der Waals surface area contributed by atoms with Gasteiger partial charge >= 0.3 is 6.03 Å². The van der Waals surface area contributed by atoms with Crippen LogP contribution in [0.2, 0.25) is 0 Å². The molecule has 7 heteroatoms. The van der Waals surface area contributed by atoms with Crippen LogP contribution >= 0.6 is 0 Å². The van der Waals surface area contributed by atoms with Crippen LogP contribution in [0.25, 0.3) is 0 Å². The summed E-state index contributed by atoms with van der Waals surface area (Å²) in [5.41, 5.74) is 2.64. The normalized spacial score (nSPS) is 10.0. The number of carbonyl (C=O) groups excluding carboxylic acids is 2. The van der Waals surface area contributed by atoms with Crippen molar-refractivity contribution in [1.29, 1.82) is 0 Å². The van der Waals surface area contributed by atoms with Crippen molar-refractivity contribution in [3.63, 3.8) is 0 Å². The highest BCUT2D eigenvalue weighted by molar-refractivity contribution is 5.94. The fourth-order valence-corrected chi connectivity index (χ4v) is 2.19. The van der Waals surface area contributed by atoms with Crippen LogP contribution in [0.15, 0.2) is 42.6 Å². The van der Waals surface area contributed by atoms with Gasteiger partial charge in [0.25, 0.3) is 0 Å². The first-order valence-corrected chi connectivity index (χ1v) is 8.00. The molecule has 0 spiro atoms. The minimum absolute atomic E-state index is 0.106. The van der Waals surface area contributed by atoms with Crippen LogP contribution in [0, 0.1) is 0 Å². The fourth-order valence-electron chi connectivity index (χ4n) is 2.19. The van der Waals surface area contributed by atoms with Gasteiger partial charge in [-0.05, 0) is 23.6 Å². The molecule has 0 unspecified atom stereocenters. The molecule has 2 aromatic rings. The Kier molecular flexibility index (Phi) is 6.76. The molecular weight excluding hydrogens is 320 g/mol. The Bertz CT molecular complexity index is 717. The largest absolute Gasteiger partial charge is 0.481 e. The predicted octanol–water partition coefficient (Wildman–Crippen LogP) is 2.09. The lowest BCUT2D eigenvalue weighted by atomic mass is 10.1. The second-order valence-corrected chi connectivity index (χ2v) is 5.30. The highest BCUT2D eigenvalue weighted by Crippen LogP contribution is 2.14. The Hall–Kier alpha value is -3.09. The lowest BCUT2D eigenvalue weighted by molar-refractivity contribution is -0.115. The summed E-state index contributed by atoms with van der Waals surface area (Å²) in [6, 6.07) is 10.7. The Morgan fingerprint density at radius 3 is 2.60 bits per heavy atom. The summed E-state index contributed by atoms with van der Waals surface area (Å²) < 4.78 is 4.97. The Balaban J connectivity index is 1.74. The minimum atomic E-state index is -0.422. The number of benzene rings is 1. The molecule has 3 amide bonds. The smallest absolute Gasteiger partial charge is 0.315 e. The molecule has 0 aliphatic carbocycles. The van der Waals surface area contributed by atoms with E-state index in [1.165, 1.54) is 7.11 Å². The maximum Gasteiger partial charge on any atom is 0.315 e. The number of para-hydroxylation sites is 1. The molecule has 0 saturated carbocycles. The number of ether oxygens (including phenoxy) is 1. The number of pyridine rings is 1. The van der Waals surface area contributed by atoms with Crippen molar-refractivity contribution >= 4 is 17.6 Å². The van der Waals surface area contributed by atoms with Gasteiger partial charge < -0.3 is 20.7 Å². The summed E-state index contributed by atoms with van der Waals surface area (Å²) in [6.07, 6.45) is 2.44. The molecule has 132 valence electrons. The van der Waals surface area contributed by atoms with E-state index in [0.29, 0.717) is 12.4 Å². The van der Waals surface area contributed by atoms with Gasteiger partial charge in [0, 0.05) is 24.5 Å². The van der Waals surface area contributed by atoms with E-state index in [2.05, 4.69) is 20.9 Å². The van der Waals surface area contributed by atoms with Crippen LogP contribution in [0.1, 0.15) is 18.1 Å². The van der Waals surface area contributed by atoms with Gasteiger partial charge in [-0.3, -0.25) is 4.79 Å². The van der Waals surface area contributed by atoms with E-state index in [-0.39, 0.29) is 12.5 Å². The minimum Gasteiger partial charge on any atom is -0.481 e. The highest BCUT2D eigenvalue weighted by Gasteiger charge is 2.07. The number of urea groups is 1. The number of anilines is 1. The molecule has 0 radical (unpaired) electrons. The number of nitrogens with zero attached hydrogens (tertiary/aromatic N) is 1. The number of aromatic nitrogens is 1. The Labute approximate surface area is 146 Å². The topological polar surface area (TPSA) is 92.4 Å². The van der Waals surface area contributed by atoms with E-state index in [1.54, 1.807) is 18.3 Å². The van der Waals surface area contributed by atoms with E-state index in [0.717, 1.165) is 23.2 Å². The lowest BCUT2D eigenvalue weighted by Crippen LogP contribution is -2.39. The summed E-state index contributed by atoms with van der Waals surface area (Å²) in [7, 11) is 1.54. The monoisotopic (exact) mass is 342 g/mol. The third kappa shape index (κ3) is 5.80. The molecule has 0 aliphatic heterocycles. The van der Waals surface area contributed by atoms with Gasteiger partial charge in [0.2, 0.25) is 11.8 Å². The fraction of sp³-hybridized carbons (Fsp3) is 0.278. The SMILES string of the molecule is CCc1ccccc1NC(=O)CNC(=O)NCc1ccc(OC)nc1. The first-order valence-electron chi connectivity index (χ1n) is 8.00. The van der Waals surface area contributed by atoms with Crippen LogP contribution in [-0.4, -0.2) is 30.6 Å². The highest BCUT2D eigenvalue weighted by atomic mass is 16.5. The van der Waals surface area contributed by atoms with E-state index < -0.39 is 6.03 Å². The van der Waals surface area contributed by atoms with E-state index >= 15 is 0 Å². The third-order valence-electron chi connectivity index (χ3n) is 3.54. The molecule has 1 heterocycles. The second-order valence-electron chi connectivity index (χ2n) is 5.30. The van der Waals surface area contributed by atoms with Crippen molar-refractivity contribution in [1.82, 2.24) is 15.6 Å². The van der Waals surface area contributed by atoms with Crippen LogP contribution < -0.4 is 20.7 Å². The zero-order valence-electron chi connectivity index (χ0n) is 14.3. The maximum absolute atomic E-state index is 12.0. The molecule has 2 rings (SSSR count). The van der Waals surface area contributed by atoms with Crippen molar-refractivity contribution in [3.05, 3.63) is 53.7 Å². The summed E-state index contributed by atoms with van der Waals surface area (Å²) >= 11 is 0. The second kappa shape index (κ2) is 9.27. The van der Waals surface area contributed by atoms with Crippen molar-refractivity contribution in [3.8, 4) is 5.88 Å². The molecule has 0 atom stereocenters. The standard InChI is InChI=1S/C18H22N4O3/c1-3-14-6-4-5-7-15(14)22-16(23)12-21-18(24)20-11-13-8-9-17(25-2)19-10-13/h4-10H,3,11-12H2,1-2H3,(H,22,23)(H2,20,21,24). The Morgan fingerprint density at radius 1 is 1.12 bits per heavy atom. The molecular formula is C18H22N4O3. The molecule has 0 bridgehead atoms. The van der Waals surface area contributed by atoms with Crippen LogP contribution in [0.4, 0.5) is 10.5 Å². The van der Waals surface area contributed by atoms with Crippen molar-refractivity contribution in [2.24, 2.45) is 0 Å². The zero-order chi connectivity index (χ0) is 18.1. The molecule has 1 aromatic carbocycles. The Morgan fingerprint density at radius 2 is 1.92 bits per heavy atom. The molecule has 0 aliphatic rings. The number of carbonyl (C=O) groups is 2.